The Bertz CT molecular complexity index is 1010. The fourth-order valence-corrected chi connectivity index (χ4v) is 6.04. The van der Waals surface area contributed by atoms with Crippen LogP contribution in [0.4, 0.5) is 10.1 Å². The average Bonchev–Trinajstić information content (AvgIpc) is 2.83. The molecule has 0 saturated carbocycles. The van der Waals surface area contributed by atoms with Crippen LogP contribution in [0.3, 0.4) is 0 Å². The molecule has 29 heavy (non-hydrogen) atoms. The zero-order chi connectivity index (χ0) is 21.6. The second-order valence-corrected chi connectivity index (χ2v) is 10.1. The maximum atomic E-state index is 14.5. The van der Waals surface area contributed by atoms with Gasteiger partial charge in [0.25, 0.3) is 16.0 Å². The first-order chi connectivity index (χ1) is 13.4. The molecule has 1 aromatic carbocycles. The number of halogens is 1. The highest BCUT2D eigenvalue weighted by molar-refractivity contribution is 7.92. The van der Waals surface area contributed by atoms with Gasteiger partial charge in [0.15, 0.2) is 11.2 Å². The molecule has 0 aliphatic carbocycles. The zero-order valence-corrected chi connectivity index (χ0v) is 17.0. The molecular weight excluding hydrogens is 431 g/mol. The van der Waals surface area contributed by atoms with Crippen LogP contribution in [0.15, 0.2) is 12.1 Å². The molecule has 14 heteroatoms. The SMILES string of the molecule is CN1CCC[C@H](NCc2cc(O)c(N3CC(=O)NS3(=O)=O)c(F)c2)C1S(=O)(=O)O. The number of carbonyl (C=O) groups excluding carboxylic acids is 1. The van der Waals surface area contributed by atoms with E-state index < -0.39 is 61.4 Å². The molecular formula is C15H21FN4O7S2. The lowest BCUT2D eigenvalue weighted by Crippen LogP contribution is -2.55. The number of hydrogen-bond acceptors (Lipinski definition) is 8. The summed E-state index contributed by atoms with van der Waals surface area (Å²) < 4.78 is 73.3. The van der Waals surface area contributed by atoms with Gasteiger partial charge in [0, 0.05) is 12.6 Å². The van der Waals surface area contributed by atoms with Gasteiger partial charge in [0.2, 0.25) is 0 Å². The average molecular weight is 452 g/mol. The molecule has 0 radical (unpaired) electrons. The molecule has 11 nitrogen and oxygen atoms in total. The summed E-state index contributed by atoms with van der Waals surface area (Å²) in [6.07, 6.45) is 1.15. The largest absolute Gasteiger partial charge is 0.506 e. The number of likely N-dealkylation sites (tertiary alicyclic amines) is 1. The van der Waals surface area contributed by atoms with Crippen LogP contribution in [-0.4, -0.2) is 68.9 Å². The highest BCUT2D eigenvalue weighted by Gasteiger charge is 2.39. The number of nitrogens with zero attached hydrogens (tertiary/aromatic N) is 2. The van der Waals surface area contributed by atoms with E-state index in [4.69, 9.17) is 0 Å². The number of aromatic hydroxyl groups is 1. The molecule has 2 aliphatic heterocycles. The number of carbonyl (C=O) groups is 1. The molecule has 0 aromatic heterocycles. The van der Waals surface area contributed by atoms with Gasteiger partial charge in [0.1, 0.15) is 18.0 Å². The number of rotatable bonds is 5. The van der Waals surface area contributed by atoms with Crippen molar-refractivity contribution < 1.29 is 35.7 Å². The fraction of sp³-hybridized carbons (Fsp3) is 0.533. The number of phenolic OH excluding ortho intramolecular Hbond substituents is 1. The number of phenols is 1. The molecule has 2 aliphatic rings. The molecule has 2 heterocycles. The van der Waals surface area contributed by atoms with Crippen molar-refractivity contribution in [2.45, 2.75) is 30.8 Å². The van der Waals surface area contributed by atoms with E-state index in [1.54, 1.807) is 11.8 Å². The lowest BCUT2D eigenvalue weighted by Gasteiger charge is -2.37. The zero-order valence-electron chi connectivity index (χ0n) is 15.4. The first-order valence-corrected chi connectivity index (χ1v) is 11.6. The normalized spacial score (nSPS) is 25.2. The molecule has 0 bridgehead atoms. The highest BCUT2D eigenvalue weighted by Crippen LogP contribution is 2.34. The van der Waals surface area contributed by atoms with E-state index in [1.807, 2.05) is 0 Å². The van der Waals surface area contributed by atoms with Crippen molar-refractivity contribution in [1.29, 1.82) is 0 Å². The summed E-state index contributed by atoms with van der Waals surface area (Å²) in [5, 5.41) is 11.9. The van der Waals surface area contributed by atoms with Gasteiger partial charge in [-0.1, -0.05) is 0 Å². The standard InChI is InChI=1S/C15H21FN4O7S2/c1-19-4-2-3-11(15(19)28(23,24)25)17-7-9-5-10(16)14(12(21)6-9)20-8-13(22)18-29(20,26)27/h5-6,11,15,17,21H,2-4,7-8H2,1H3,(H,18,22)(H,23,24,25)/t11-,15?/m0/s1. The molecule has 3 rings (SSSR count). The summed E-state index contributed by atoms with van der Waals surface area (Å²) in [4.78, 5) is 12.8. The minimum atomic E-state index is -4.35. The monoisotopic (exact) mass is 452 g/mol. The summed E-state index contributed by atoms with van der Waals surface area (Å²) >= 11 is 0. The smallest absolute Gasteiger partial charge is 0.326 e. The lowest BCUT2D eigenvalue weighted by molar-refractivity contribution is -0.117. The van der Waals surface area contributed by atoms with Gasteiger partial charge in [-0.2, -0.15) is 16.8 Å². The molecule has 4 N–H and O–H groups in total. The highest BCUT2D eigenvalue weighted by atomic mass is 32.2. The van der Waals surface area contributed by atoms with Crippen LogP contribution in [0, 0.1) is 5.82 Å². The predicted octanol–water partition coefficient (Wildman–Crippen LogP) is -0.890. The number of nitrogens with one attached hydrogen (secondary N) is 2. The Morgan fingerprint density at radius 3 is 2.62 bits per heavy atom. The van der Waals surface area contributed by atoms with Crippen molar-refractivity contribution in [3.05, 3.63) is 23.5 Å². The van der Waals surface area contributed by atoms with Crippen molar-refractivity contribution in [1.82, 2.24) is 14.9 Å². The van der Waals surface area contributed by atoms with Crippen LogP contribution in [0.1, 0.15) is 18.4 Å². The molecule has 1 unspecified atom stereocenters. The minimum absolute atomic E-state index is 0.0424. The Morgan fingerprint density at radius 1 is 1.38 bits per heavy atom. The molecule has 0 spiro atoms. The van der Waals surface area contributed by atoms with Gasteiger partial charge in [-0.3, -0.25) is 14.2 Å². The van der Waals surface area contributed by atoms with Gasteiger partial charge >= 0.3 is 10.2 Å². The number of hydrogen-bond donors (Lipinski definition) is 4. The maximum Gasteiger partial charge on any atom is 0.326 e. The van der Waals surface area contributed by atoms with E-state index in [-0.39, 0.29) is 12.1 Å². The third kappa shape index (κ3) is 4.45. The third-order valence-electron chi connectivity index (χ3n) is 4.85. The van der Waals surface area contributed by atoms with E-state index in [9.17, 15) is 35.7 Å². The molecule has 162 valence electrons. The van der Waals surface area contributed by atoms with Crippen LogP contribution in [0.25, 0.3) is 0 Å². The van der Waals surface area contributed by atoms with Gasteiger partial charge in [-0.25, -0.2) is 13.4 Å². The first-order valence-electron chi connectivity index (χ1n) is 8.65. The van der Waals surface area contributed by atoms with E-state index in [0.717, 1.165) is 12.1 Å². The van der Waals surface area contributed by atoms with Crippen molar-refractivity contribution >= 4 is 31.9 Å². The maximum absolute atomic E-state index is 14.5. The van der Waals surface area contributed by atoms with E-state index >= 15 is 0 Å². The summed E-state index contributed by atoms with van der Waals surface area (Å²) in [6, 6.07) is 1.48. The number of piperidine rings is 1. The second-order valence-electron chi connectivity index (χ2n) is 7.00. The Labute approximate surface area is 167 Å². The number of likely N-dealkylation sites (N-methyl/N-ethyl adjacent to an activating group) is 1. The van der Waals surface area contributed by atoms with Gasteiger partial charge in [0.05, 0.1) is 0 Å². The van der Waals surface area contributed by atoms with Crippen LogP contribution in [-0.2, 0) is 31.7 Å². The van der Waals surface area contributed by atoms with Crippen LogP contribution < -0.4 is 14.3 Å². The summed E-state index contributed by atoms with van der Waals surface area (Å²) in [5.74, 6) is -2.60. The Kier molecular flexibility index (Phi) is 5.75. The minimum Gasteiger partial charge on any atom is -0.506 e. The lowest BCUT2D eigenvalue weighted by atomic mass is 10.1. The Hall–Kier alpha value is -2.00. The topological polar surface area (TPSA) is 156 Å². The van der Waals surface area contributed by atoms with Crippen LogP contribution in [0.5, 0.6) is 5.75 Å². The molecule has 2 atom stereocenters. The quantitative estimate of drug-likeness (QED) is 0.416. The van der Waals surface area contributed by atoms with Crippen molar-refractivity contribution in [2.24, 2.45) is 0 Å². The van der Waals surface area contributed by atoms with E-state index in [0.29, 0.717) is 23.7 Å². The Balaban J connectivity index is 1.80. The number of anilines is 1. The molecule has 1 amide bonds. The predicted molar refractivity (Wildman–Crippen MR) is 100 cm³/mol. The summed E-state index contributed by atoms with van der Waals surface area (Å²) in [7, 11) is -7.07. The Morgan fingerprint density at radius 2 is 2.07 bits per heavy atom. The number of amides is 1. The fourth-order valence-electron chi connectivity index (χ4n) is 3.66. The van der Waals surface area contributed by atoms with Crippen molar-refractivity contribution in [3.63, 3.8) is 0 Å². The molecule has 2 fully saturated rings. The van der Waals surface area contributed by atoms with Crippen molar-refractivity contribution in [2.75, 3.05) is 24.4 Å². The van der Waals surface area contributed by atoms with E-state index in [2.05, 4.69) is 5.32 Å². The van der Waals surface area contributed by atoms with E-state index in [1.165, 1.54) is 4.90 Å². The summed E-state index contributed by atoms with van der Waals surface area (Å²) in [6.45, 7) is -0.210. The number of benzene rings is 1. The van der Waals surface area contributed by atoms with Crippen molar-refractivity contribution in [3.8, 4) is 5.75 Å². The molecule has 1 aromatic rings. The van der Waals surface area contributed by atoms with Gasteiger partial charge in [-0.15, -0.1) is 0 Å². The summed E-state index contributed by atoms with van der Waals surface area (Å²) in [5.41, 5.74) is -0.428. The second kappa shape index (κ2) is 7.68. The van der Waals surface area contributed by atoms with Gasteiger partial charge < -0.3 is 10.4 Å². The van der Waals surface area contributed by atoms with Crippen LogP contribution >= 0.6 is 0 Å². The molecule has 2 saturated heterocycles. The third-order valence-corrected chi connectivity index (χ3v) is 7.53. The van der Waals surface area contributed by atoms with Crippen LogP contribution in [0.2, 0.25) is 0 Å². The van der Waals surface area contributed by atoms with Gasteiger partial charge in [-0.05, 0) is 44.1 Å². The first kappa shape index (κ1) is 21.7.